The summed E-state index contributed by atoms with van der Waals surface area (Å²) in [5, 5.41) is 2.63. The maximum absolute atomic E-state index is 11.0. The standard InChI is InChI=1S/C9H18N2O3/c1-3-11-8(12)6-5-7(10)9(13)14-4-2/h7H,3-6,10H2,1-2H3,(H,11,12)/t7-/m0/s1. The van der Waals surface area contributed by atoms with Crippen LogP contribution in [-0.4, -0.2) is 31.1 Å². The molecule has 0 aliphatic heterocycles. The Balaban J connectivity index is 3.67. The summed E-state index contributed by atoms with van der Waals surface area (Å²) in [6.45, 7) is 4.46. The van der Waals surface area contributed by atoms with Gasteiger partial charge in [-0.05, 0) is 20.3 Å². The summed E-state index contributed by atoms with van der Waals surface area (Å²) >= 11 is 0. The predicted octanol–water partition coefficient (Wildman–Crippen LogP) is -0.207. The number of carbonyl (C=O) groups excluding carboxylic acids is 2. The Bertz CT molecular complexity index is 194. The average Bonchev–Trinajstić information content (AvgIpc) is 2.15. The van der Waals surface area contributed by atoms with Crippen molar-refractivity contribution in [2.45, 2.75) is 32.7 Å². The summed E-state index contributed by atoms with van der Waals surface area (Å²) < 4.78 is 4.70. The maximum Gasteiger partial charge on any atom is 0.322 e. The van der Waals surface area contributed by atoms with E-state index in [0.29, 0.717) is 19.6 Å². The fourth-order valence-corrected chi connectivity index (χ4v) is 0.939. The Kier molecular flexibility index (Phi) is 6.74. The van der Waals surface area contributed by atoms with Gasteiger partial charge in [-0.3, -0.25) is 9.59 Å². The minimum atomic E-state index is -0.697. The quantitative estimate of drug-likeness (QED) is 0.584. The van der Waals surface area contributed by atoms with Crippen molar-refractivity contribution in [2.24, 2.45) is 5.73 Å². The smallest absolute Gasteiger partial charge is 0.322 e. The van der Waals surface area contributed by atoms with Crippen LogP contribution in [0.4, 0.5) is 0 Å². The SMILES string of the molecule is CCNC(=O)CC[C@H](N)C(=O)OCC. The lowest BCUT2D eigenvalue weighted by Gasteiger charge is -2.09. The molecular weight excluding hydrogens is 184 g/mol. The van der Waals surface area contributed by atoms with Gasteiger partial charge in [-0.2, -0.15) is 0 Å². The largest absolute Gasteiger partial charge is 0.465 e. The third-order valence-electron chi connectivity index (χ3n) is 1.65. The topological polar surface area (TPSA) is 81.4 Å². The molecule has 0 bridgehead atoms. The van der Waals surface area contributed by atoms with E-state index in [1.807, 2.05) is 6.92 Å². The highest BCUT2D eigenvalue weighted by molar-refractivity contribution is 5.79. The van der Waals surface area contributed by atoms with Crippen LogP contribution in [0, 0.1) is 0 Å². The average molecular weight is 202 g/mol. The molecule has 0 aromatic heterocycles. The van der Waals surface area contributed by atoms with Gasteiger partial charge < -0.3 is 15.8 Å². The van der Waals surface area contributed by atoms with Crippen molar-refractivity contribution in [3.63, 3.8) is 0 Å². The molecule has 0 heterocycles. The van der Waals surface area contributed by atoms with Crippen LogP contribution in [0.2, 0.25) is 0 Å². The molecule has 0 radical (unpaired) electrons. The molecule has 0 saturated carbocycles. The van der Waals surface area contributed by atoms with Crippen molar-refractivity contribution in [3.05, 3.63) is 0 Å². The van der Waals surface area contributed by atoms with E-state index in [4.69, 9.17) is 10.5 Å². The first-order valence-electron chi connectivity index (χ1n) is 4.80. The van der Waals surface area contributed by atoms with Gasteiger partial charge in [0.15, 0.2) is 0 Å². The number of nitrogens with one attached hydrogen (secondary N) is 1. The molecule has 3 N–H and O–H groups in total. The van der Waals surface area contributed by atoms with Gasteiger partial charge in [0, 0.05) is 13.0 Å². The van der Waals surface area contributed by atoms with Gasteiger partial charge in [-0.1, -0.05) is 0 Å². The number of nitrogens with two attached hydrogens (primary N) is 1. The fourth-order valence-electron chi connectivity index (χ4n) is 0.939. The van der Waals surface area contributed by atoms with Gasteiger partial charge in [0.25, 0.3) is 0 Å². The Hall–Kier alpha value is -1.10. The molecule has 1 amide bonds. The zero-order valence-corrected chi connectivity index (χ0v) is 8.71. The zero-order chi connectivity index (χ0) is 11.0. The number of rotatable bonds is 6. The van der Waals surface area contributed by atoms with Gasteiger partial charge in [0.1, 0.15) is 6.04 Å². The third-order valence-corrected chi connectivity index (χ3v) is 1.65. The van der Waals surface area contributed by atoms with Crippen LogP contribution in [0.3, 0.4) is 0 Å². The second-order valence-electron chi connectivity index (χ2n) is 2.85. The fraction of sp³-hybridized carbons (Fsp3) is 0.778. The summed E-state index contributed by atoms with van der Waals surface area (Å²) in [6.07, 6.45) is 0.582. The molecule has 0 aromatic rings. The summed E-state index contributed by atoms with van der Waals surface area (Å²) in [7, 11) is 0. The lowest BCUT2D eigenvalue weighted by atomic mass is 10.1. The van der Waals surface area contributed by atoms with Crippen LogP contribution in [0.15, 0.2) is 0 Å². The minimum absolute atomic E-state index is 0.0905. The van der Waals surface area contributed by atoms with Gasteiger partial charge in [-0.15, -0.1) is 0 Å². The summed E-state index contributed by atoms with van der Waals surface area (Å²) in [4.78, 5) is 22.0. The van der Waals surface area contributed by atoms with E-state index in [9.17, 15) is 9.59 Å². The summed E-state index contributed by atoms with van der Waals surface area (Å²) in [5.41, 5.74) is 5.49. The Morgan fingerprint density at radius 1 is 1.43 bits per heavy atom. The Labute approximate surface area is 84.0 Å². The molecular formula is C9H18N2O3. The van der Waals surface area contributed by atoms with Crippen molar-refractivity contribution < 1.29 is 14.3 Å². The summed E-state index contributed by atoms with van der Waals surface area (Å²) in [5.74, 6) is -0.538. The highest BCUT2D eigenvalue weighted by atomic mass is 16.5. The maximum atomic E-state index is 11.0. The first kappa shape index (κ1) is 12.9. The van der Waals surface area contributed by atoms with Gasteiger partial charge in [-0.25, -0.2) is 0 Å². The van der Waals surface area contributed by atoms with Gasteiger partial charge in [0.05, 0.1) is 6.61 Å². The van der Waals surface area contributed by atoms with Gasteiger partial charge in [0.2, 0.25) is 5.91 Å². The Morgan fingerprint density at radius 3 is 2.57 bits per heavy atom. The molecule has 0 aliphatic carbocycles. The number of carbonyl (C=O) groups is 2. The molecule has 82 valence electrons. The molecule has 5 heteroatoms. The van der Waals surface area contributed by atoms with E-state index in [1.54, 1.807) is 6.92 Å². The van der Waals surface area contributed by atoms with Crippen molar-refractivity contribution in [2.75, 3.05) is 13.2 Å². The van der Waals surface area contributed by atoms with Crippen LogP contribution >= 0.6 is 0 Å². The van der Waals surface area contributed by atoms with Crippen LogP contribution in [-0.2, 0) is 14.3 Å². The predicted molar refractivity (Wildman–Crippen MR) is 52.5 cm³/mol. The zero-order valence-electron chi connectivity index (χ0n) is 8.71. The van der Waals surface area contributed by atoms with E-state index in [-0.39, 0.29) is 12.3 Å². The lowest BCUT2D eigenvalue weighted by Crippen LogP contribution is -2.34. The molecule has 14 heavy (non-hydrogen) atoms. The van der Waals surface area contributed by atoms with Gasteiger partial charge >= 0.3 is 5.97 Å². The molecule has 1 atom stereocenters. The van der Waals surface area contributed by atoms with Crippen LogP contribution < -0.4 is 11.1 Å². The lowest BCUT2D eigenvalue weighted by molar-refractivity contribution is -0.144. The monoisotopic (exact) mass is 202 g/mol. The normalized spacial score (nSPS) is 11.9. The molecule has 0 saturated heterocycles. The molecule has 0 spiro atoms. The molecule has 0 fully saturated rings. The van der Waals surface area contributed by atoms with Crippen LogP contribution in [0.25, 0.3) is 0 Å². The highest BCUT2D eigenvalue weighted by Crippen LogP contribution is 1.97. The minimum Gasteiger partial charge on any atom is -0.465 e. The van der Waals surface area contributed by atoms with E-state index in [0.717, 1.165) is 0 Å². The van der Waals surface area contributed by atoms with Crippen molar-refractivity contribution in [3.8, 4) is 0 Å². The van der Waals surface area contributed by atoms with E-state index >= 15 is 0 Å². The number of ether oxygens (including phenoxy) is 1. The number of amides is 1. The molecule has 5 nitrogen and oxygen atoms in total. The Morgan fingerprint density at radius 2 is 2.07 bits per heavy atom. The second kappa shape index (κ2) is 7.32. The van der Waals surface area contributed by atoms with E-state index in [2.05, 4.69) is 5.32 Å². The van der Waals surface area contributed by atoms with Crippen LogP contribution in [0.5, 0.6) is 0 Å². The van der Waals surface area contributed by atoms with E-state index in [1.165, 1.54) is 0 Å². The third kappa shape index (κ3) is 5.53. The number of hydrogen-bond donors (Lipinski definition) is 2. The first-order valence-corrected chi connectivity index (χ1v) is 4.80. The van der Waals surface area contributed by atoms with Crippen molar-refractivity contribution in [1.82, 2.24) is 5.32 Å². The summed E-state index contributed by atoms with van der Waals surface area (Å²) in [6, 6.07) is -0.697. The first-order chi connectivity index (χ1) is 6.61. The highest BCUT2D eigenvalue weighted by Gasteiger charge is 2.15. The van der Waals surface area contributed by atoms with Crippen LogP contribution in [0.1, 0.15) is 26.7 Å². The molecule has 0 aromatic carbocycles. The molecule has 0 rings (SSSR count). The number of hydrogen-bond acceptors (Lipinski definition) is 4. The molecule has 0 aliphatic rings. The van der Waals surface area contributed by atoms with E-state index < -0.39 is 12.0 Å². The second-order valence-corrected chi connectivity index (χ2v) is 2.85. The van der Waals surface area contributed by atoms with Crippen molar-refractivity contribution in [1.29, 1.82) is 0 Å². The molecule has 0 unspecified atom stereocenters. The van der Waals surface area contributed by atoms with Crippen molar-refractivity contribution >= 4 is 11.9 Å². The number of esters is 1.